The molecule has 0 spiro atoms. The van der Waals surface area contributed by atoms with Gasteiger partial charge >= 0.3 is 0 Å². The van der Waals surface area contributed by atoms with E-state index in [1.54, 1.807) is 0 Å². The van der Waals surface area contributed by atoms with Gasteiger partial charge in [-0.05, 0) is 69.6 Å². The fourth-order valence-corrected chi connectivity index (χ4v) is 2.95. The monoisotopic (exact) mass is 306 g/mol. The number of nitrogens with one attached hydrogen (secondary N) is 1. The minimum absolute atomic E-state index is 0.751. The number of benzene rings is 1. The van der Waals surface area contributed by atoms with Crippen LogP contribution in [-0.4, -0.2) is 51.3 Å². The van der Waals surface area contributed by atoms with Gasteiger partial charge in [-0.3, -0.25) is 4.90 Å². The van der Waals surface area contributed by atoms with E-state index in [1.807, 2.05) is 31.3 Å². The topological polar surface area (TPSA) is 33.7 Å². The Bertz CT molecular complexity index is 406. The van der Waals surface area contributed by atoms with Crippen LogP contribution in [0.15, 0.2) is 24.3 Å². The molecule has 1 aromatic rings. The third-order valence-electron chi connectivity index (χ3n) is 4.07. The molecule has 1 unspecified atom stereocenters. The first-order valence-electron chi connectivity index (χ1n) is 8.54. The van der Waals surface area contributed by atoms with Crippen molar-refractivity contribution in [1.29, 1.82) is 0 Å². The first-order valence-corrected chi connectivity index (χ1v) is 8.54. The van der Waals surface area contributed by atoms with Gasteiger partial charge in [-0.2, -0.15) is 0 Å². The van der Waals surface area contributed by atoms with Crippen LogP contribution >= 0.6 is 0 Å². The number of hydrogen-bond donors (Lipinski definition) is 1. The third kappa shape index (κ3) is 5.85. The van der Waals surface area contributed by atoms with Crippen molar-refractivity contribution in [2.24, 2.45) is 5.92 Å². The van der Waals surface area contributed by atoms with E-state index >= 15 is 0 Å². The standard InChI is InChI=1S/C18H30N2O2/c1-3-12-21-17-6-8-18(9-7-17)22-13-11-20-10-4-5-16(15-20)14-19-2/h6-9,16,19H,3-5,10-15H2,1-2H3. The van der Waals surface area contributed by atoms with Crippen LogP contribution in [-0.2, 0) is 0 Å². The first-order chi connectivity index (χ1) is 10.8. The van der Waals surface area contributed by atoms with E-state index in [9.17, 15) is 0 Å². The summed E-state index contributed by atoms with van der Waals surface area (Å²) in [6.07, 6.45) is 3.68. The van der Waals surface area contributed by atoms with Crippen LogP contribution in [0.25, 0.3) is 0 Å². The van der Waals surface area contributed by atoms with Gasteiger partial charge in [0, 0.05) is 13.1 Å². The molecule has 1 aliphatic heterocycles. The molecular weight excluding hydrogens is 276 g/mol. The molecule has 4 nitrogen and oxygen atoms in total. The van der Waals surface area contributed by atoms with E-state index < -0.39 is 0 Å². The highest BCUT2D eigenvalue weighted by Crippen LogP contribution is 2.18. The van der Waals surface area contributed by atoms with Crippen LogP contribution in [0, 0.1) is 5.92 Å². The Morgan fingerprint density at radius 1 is 1.14 bits per heavy atom. The SMILES string of the molecule is CCCOc1ccc(OCCN2CCCC(CNC)C2)cc1. The van der Waals surface area contributed by atoms with Crippen molar-refractivity contribution in [2.45, 2.75) is 26.2 Å². The summed E-state index contributed by atoms with van der Waals surface area (Å²) in [6, 6.07) is 7.94. The van der Waals surface area contributed by atoms with Crippen molar-refractivity contribution in [3.8, 4) is 11.5 Å². The lowest BCUT2D eigenvalue weighted by atomic mass is 9.98. The lowest BCUT2D eigenvalue weighted by Crippen LogP contribution is -2.40. The van der Waals surface area contributed by atoms with E-state index in [-0.39, 0.29) is 0 Å². The highest BCUT2D eigenvalue weighted by molar-refractivity contribution is 5.31. The quantitative estimate of drug-likeness (QED) is 0.760. The summed E-state index contributed by atoms with van der Waals surface area (Å²) in [5.41, 5.74) is 0. The maximum Gasteiger partial charge on any atom is 0.119 e. The zero-order valence-corrected chi connectivity index (χ0v) is 14.0. The Balaban J connectivity index is 1.67. The van der Waals surface area contributed by atoms with Crippen LogP contribution in [0.4, 0.5) is 0 Å². The zero-order chi connectivity index (χ0) is 15.6. The van der Waals surface area contributed by atoms with Crippen molar-refractivity contribution in [2.75, 3.05) is 46.4 Å². The summed E-state index contributed by atoms with van der Waals surface area (Å²) in [7, 11) is 2.04. The summed E-state index contributed by atoms with van der Waals surface area (Å²) in [5.74, 6) is 2.63. The highest BCUT2D eigenvalue weighted by Gasteiger charge is 2.18. The second-order valence-electron chi connectivity index (χ2n) is 6.03. The molecule has 1 atom stereocenters. The van der Waals surface area contributed by atoms with Gasteiger partial charge in [0.25, 0.3) is 0 Å². The van der Waals surface area contributed by atoms with Gasteiger partial charge in [-0.1, -0.05) is 6.92 Å². The number of hydrogen-bond acceptors (Lipinski definition) is 4. The number of nitrogens with zero attached hydrogens (tertiary/aromatic N) is 1. The smallest absolute Gasteiger partial charge is 0.119 e. The van der Waals surface area contributed by atoms with Gasteiger partial charge in [-0.15, -0.1) is 0 Å². The van der Waals surface area contributed by atoms with Crippen LogP contribution in [0.3, 0.4) is 0 Å². The molecule has 0 aliphatic carbocycles. The van der Waals surface area contributed by atoms with Crippen molar-refractivity contribution in [3.63, 3.8) is 0 Å². The Kier molecular flexibility index (Phi) is 7.54. The van der Waals surface area contributed by atoms with Crippen molar-refractivity contribution < 1.29 is 9.47 Å². The maximum absolute atomic E-state index is 5.85. The number of likely N-dealkylation sites (tertiary alicyclic amines) is 1. The lowest BCUT2D eigenvalue weighted by Gasteiger charge is -2.32. The second kappa shape index (κ2) is 9.70. The highest BCUT2D eigenvalue weighted by atomic mass is 16.5. The van der Waals surface area contributed by atoms with Gasteiger partial charge in [-0.25, -0.2) is 0 Å². The van der Waals surface area contributed by atoms with E-state index in [0.717, 1.165) is 50.1 Å². The Hall–Kier alpha value is -1.26. The minimum Gasteiger partial charge on any atom is -0.494 e. The second-order valence-corrected chi connectivity index (χ2v) is 6.03. The summed E-state index contributed by atoms with van der Waals surface area (Å²) < 4.78 is 11.4. The number of piperidine rings is 1. The molecule has 0 bridgehead atoms. The Labute approximate surface area is 134 Å². The fraction of sp³-hybridized carbons (Fsp3) is 0.667. The Morgan fingerprint density at radius 3 is 2.45 bits per heavy atom. The van der Waals surface area contributed by atoms with E-state index in [2.05, 4.69) is 17.1 Å². The maximum atomic E-state index is 5.85. The molecule has 22 heavy (non-hydrogen) atoms. The van der Waals surface area contributed by atoms with Crippen LogP contribution in [0.5, 0.6) is 11.5 Å². The predicted molar refractivity (Wildman–Crippen MR) is 90.8 cm³/mol. The molecule has 1 aliphatic rings. The molecule has 1 fully saturated rings. The molecule has 124 valence electrons. The molecule has 1 saturated heterocycles. The third-order valence-corrected chi connectivity index (χ3v) is 4.07. The van der Waals surface area contributed by atoms with Gasteiger partial charge in [0.05, 0.1) is 6.61 Å². The molecule has 0 aromatic heterocycles. The van der Waals surface area contributed by atoms with Gasteiger partial charge in [0.1, 0.15) is 18.1 Å². The predicted octanol–water partition coefficient (Wildman–Crippen LogP) is 2.79. The zero-order valence-electron chi connectivity index (χ0n) is 14.0. The molecule has 0 radical (unpaired) electrons. The molecule has 0 saturated carbocycles. The Morgan fingerprint density at radius 2 is 1.82 bits per heavy atom. The molecular formula is C18H30N2O2. The van der Waals surface area contributed by atoms with Crippen molar-refractivity contribution in [1.82, 2.24) is 10.2 Å². The van der Waals surface area contributed by atoms with Crippen LogP contribution in [0.1, 0.15) is 26.2 Å². The molecule has 1 aromatic carbocycles. The normalized spacial score (nSPS) is 19.1. The largest absolute Gasteiger partial charge is 0.494 e. The molecule has 4 heteroatoms. The summed E-state index contributed by atoms with van der Waals surface area (Å²) in [6.45, 7) is 8.15. The molecule has 1 heterocycles. The van der Waals surface area contributed by atoms with E-state index in [4.69, 9.17) is 9.47 Å². The summed E-state index contributed by atoms with van der Waals surface area (Å²) >= 11 is 0. The van der Waals surface area contributed by atoms with Gasteiger partial charge < -0.3 is 14.8 Å². The van der Waals surface area contributed by atoms with E-state index in [1.165, 1.54) is 25.9 Å². The minimum atomic E-state index is 0.751. The van der Waals surface area contributed by atoms with Crippen molar-refractivity contribution >= 4 is 0 Å². The van der Waals surface area contributed by atoms with Crippen LogP contribution < -0.4 is 14.8 Å². The molecule has 0 amide bonds. The molecule has 2 rings (SSSR count). The van der Waals surface area contributed by atoms with E-state index in [0.29, 0.717) is 0 Å². The van der Waals surface area contributed by atoms with Crippen molar-refractivity contribution in [3.05, 3.63) is 24.3 Å². The number of rotatable bonds is 9. The van der Waals surface area contributed by atoms with Gasteiger partial charge in [0.2, 0.25) is 0 Å². The van der Waals surface area contributed by atoms with Crippen LogP contribution in [0.2, 0.25) is 0 Å². The molecule has 1 N–H and O–H groups in total. The first kappa shape index (κ1) is 17.1. The van der Waals surface area contributed by atoms with Gasteiger partial charge in [0.15, 0.2) is 0 Å². The number of ether oxygens (including phenoxy) is 2. The average Bonchev–Trinajstić information content (AvgIpc) is 2.55. The summed E-state index contributed by atoms with van der Waals surface area (Å²) in [4.78, 5) is 2.52. The summed E-state index contributed by atoms with van der Waals surface area (Å²) in [5, 5.41) is 3.29. The lowest BCUT2D eigenvalue weighted by molar-refractivity contribution is 0.146. The fourth-order valence-electron chi connectivity index (χ4n) is 2.95. The average molecular weight is 306 g/mol.